The molecule has 0 radical (unpaired) electrons. The molecule has 0 N–H and O–H groups in total. The molecule has 0 atom stereocenters. The summed E-state index contributed by atoms with van der Waals surface area (Å²) in [6.45, 7) is 5.73. The monoisotopic (exact) mass is 158 g/mol. The Balaban J connectivity index is 0. The summed E-state index contributed by atoms with van der Waals surface area (Å²) in [7, 11) is 0. The van der Waals surface area contributed by atoms with Gasteiger partial charge in [-0.05, 0) is 12.8 Å². The lowest BCUT2D eigenvalue weighted by atomic mass is 10.3. The van der Waals surface area contributed by atoms with Gasteiger partial charge >= 0.3 is 0 Å². The fourth-order valence-electron chi connectivity index (χ4n) is 0.468. The van der Waals surface area contributed by atoms with Gasteiger partial charge in [0.2, 0.25) is 0 Å². The molecule has 0 nitrogen and oxygen atoms in total. The summed E-state index contributed by atoms with van der Waals surface area (Å²) in [5.41, 5.74) is 0. The van der Waals surface area contributed by atoms with Gasteiger partial charge in [0.15, 0.2) is 0 Å². The molecule has 0 aliphatic rings. The molecule has 0 saturated carbocycles. The van der Waals surface area contributed by atoms with Crippen molar-refractivity contribution < 1.29 is 0 Å². The zero-order valence-corrected chi connectivity index (χ0v) is 7.23. The number of rotatable bonds is 4. The Hall–Kier alpha value is -0.490. The fourth-order valence-corrected chi connectivity index (χ4v) is 0.468. The molecule has 0 aliphatic heterocycles. The molecule has 0 aromatic heterocycles. The molecule has 0 aromatic rings. The largest absolute Gasteiger partial charge is 0.147 e. The number of hydrogen-bond acceptors (Lipinski definition) is 0. The van der Waals surface area contributed by atoms with E-state index < -0.39 is 0 Å². The highest BCUT2D eigenvalue weighted by atomic mass is 35.5. The maximum Gasteiger partial charge on any atom is -0.0169 e. The Labute approximate surface area is 69.7 Å². The fraction of sp³-hybridized carbons (Fsp3) is 0.333. The van der Waals surface area contributed by atoms with Crippen LogP contribution in [0.4, 0.5) is 0 Å². The van der Waals surface area contributed by atoms with Crippen LogP contribution in [0.2, 0.25) is 0 Å². The highest BCUT2D eigenvalue weighted by Crippen LogP contribution is 1.85. The Bertz CT molecular complexity index is 112. The maximum atomic E-state index is 3.60. The summed E-state index contributed by atoms with van der Waals surface area (Å²) in [5.74, 6) is 0. The van der Waals surface area contributed by atoms with Crippen LogP contribution in [0.25, 0.3) is 0 Å². The minimum Gasteiger partial charge on any atom is -0.147 e. The van der Waals surface area contributed by atoms with Gasteiger partial charge in [0.1, 0.15) is 0 Å². The van der Waals surface area contributed by atoms with Crippen molar-refractivity contribution in [2.24, 2.45) is 0 Å². The zero-order chi connectivity index (χ0) is 6.95. The third-order valence-electron chi connectivity index (χ3n) is 0.922. The second-order valence-corrected chi connectivity index (χ2v) is 1.79. The summed E-state index contributed by atoms with van der Waals surface area (Å²) in [6.07, 6.45) is 12.3. The van der Waals surface area contributed by atoms with Crippen LogP contribution < -0.4 is 0 Å². The van der Waals surface area contributed by atoms with E-state index in [1.54, 1.807) is 0 Å². The minimum absolute atomic E-state index is 0. The van der Waals surface area contributed by atoms with Crippen LogP contribution in [0, 0.1) is 0 Å². The molecule has 1 heteroatoms. The third-order valence-corrected chi connectivity index (χ3v) is 0.922. The topological polar surface area (TPSA) is 0 Å². The summed E-state index contributed by atoms with van der Waals surface area (Å²) < 4.78 is 0. The van der Waals surface area contributed by atoms with Crippen LogP contribution in [-0.2, 0) is 0 Å². The molecule has 0 heterocycles. The predicted octanol–water partition coefficient (Wildman–Crippen LogP) is 3.51. The lowest BCUT2D eigenvalue weighted by Crippen LogP contribution is -1.54. The predicted molar refractivity (Wildman–Crippen MR) is 50.6 cm³/mol. The molecular weight excluding hydrogens is 144 g/mol. The number of hydrogen-bond donors (Lipinski definition) is 0. The van der Waals surface area contributed by atoms with Crippen LogP contribution in [0.1, 0.15) is 19.8 Å². The molecule has 0 bridgehead atoms. The van der Waals surface area contributed by atoms with Crippen molar-refractivity contribution >= 4 is 12.4 Å². The highest BCUT2D eigenvalue weighted by Gasteiger charge is 1.64. The van der Waals surface area contributed by atoms with Gasteiger partial charge in [-0.2, -0.15) is 0 Å². The van der Waals surface area contributed by atoms with Gasteiger partial charge < -0.3 is 0 Å². The van der Waals surface area contributed by atoms with Crippen LogP contribution in [0.3, 0.4) is 0 Å². The summed E-state index contributed by atoms with van der Waals surface area (Å²) in [4.78, 5) is 0. The van der Waals surface area contributed by atoms with Gasteiger partial charge in [0.05, 0.1) is 0 Å². The normalized spacial score (nSPS) is 10.1. The van der Waals surface area contributed by atoms with Gasteiger partial charge in [0.25, 0.3) is 0 Å². The maximum absolute atomic E-state index is 3.60. The van der Waals surface area contributed by atoms with Gasteiger partial charge in [-0.3, -0.25) is 0 Å². The third kappa shape index (κ3) is 10.5. The second-order valence-electron chi connectivity index (χ2n) is 1.79. The SMILES string of the molecule is C=CCC=CC=CCC.Cl. The van der Waals surface area contributed by atoms with Crippen molar-refractivity contribution in [3.8, 4) is 0 Å². The molecular formula is C9H15Cl. The van der Waals surface area contributed by atoms with Crippen LogP contribution in [0.15, 0.2) is 37.0 Å². The van der Waals surface area contributed by atoms with E-state index in [-0.39, 0.29) is 12.4 Å². The molecule has 0 saturated heterocycles. The van der Waals surface area contributed by atoms with Crippen molar-refractivity contribution in [3.05, 3.63) is 37.0 Å². The van der Waals surface area contributed by atoms with Crippen LogP contribution >= 0.6 is 12.4 Å². The molecule has 58 valence electrons. The first-order chi connectivity index (χ1) is 4.41. The molecule has 0 fully saturated rings. The first kappa shape index (κ1) is 12.2. The first-order valence-corrected chi connectivity index (χ1v) is 3.34. The average Bonchev–Trinajstić information content (AvgIpc) is 1.89. The summed E-state index contributed by atoms with van der Waals surface area (Å²) in [6, 6.07) is 0. The molecule has 0 aromatic carbocycles. The second kappa shape index (κ2) is 11.3. The number of halogens is 1. The molecule has 0 spiro atoms. The van der Waals surface area contributed by atoms with Crippen molar-refractivity contribution in [1.29, 1.82) is 0 Å². The van der Waals surface area contributed by atoms with Gasteiger partial charge in [-0.25, -0.2) is 0 Å². The van der Waals surface area contributed by atoms with Gasteiger partial charge in [-0.15, -0.1) is 19.0 Å². The Morgan fingerprint density at radius 3 is 2.30 bits per heavy atom. The van der Waals surface area contributed by atoms with Crippen molar-refractivity contribution in [1.82, 2.24) is 0 Å². The lowest BCUT2D eigenvalue weighted by molar-refractivity contribution is 1.22. The van der Waals surface area contributed by atoms with Gasteiger partial charge in [0, 0.05) is 0 Å². The minimum atomic E-state index is 0. The van der Waals surface area contributed by atoms with Gasteiger partial charge in [-0.1, -0.05) is 37.3 Å². The van der Waals surface area contributed by atoms with Crippen molar-refractivity contribution in [2.45, 2.75) is 19.8 Å². The van der Waals surface area contributed by atoms with Crippen molar-refractivity contribution in [3.63, 3.8) is 0 Å². The molecule has 0 rings (SSSR count). The standard InChI is InChI=1S/C9H14.ClH/c1-3-5-7-9-8-6-4-2;/h3,6-9H,1,4-5H2,2H3;1H. The highest BCUT2D eigenvalue weighted by molar-refractivity contribution is 5.85. The zero-order valence-electron chi connectivity index (χ0n) is 6.42. The van der Waals surface area contributed by atoms with E-state index in [1.165, 1.54) is 0 Å². The van der Waals surface area contributed by atoms with Crippen molar-refractivity contribution in [2.75, 3.05) is 0 Å². The summed E-state index contributed by atoms with van der Waals surface area (Å²) in [5, 5.41) is 0. The van der Waals surface area contributed by atoms with Crippen LogP contribution in [0.5, 0.6) is 0 Å². The smallest absolute Gasteiger partial charge is 0.0169 e. The Morgan fingerprint density at radius 1 is 1.20 bits per heavy atom. The van der Waals surface area contributed by atoms with E-state index in [2.05, 4.69) is 31.7 Å². The van der Waals surface area contributed by atoms with E-state index in [0.717, 1.165) is 12.8 Å². The summed E-state index contributed by atoms with van der Waals surface area (Å²) >= 11 is 0. The lowest BCUT2D eigenvalue weighted by Gasteiger charge is -1.75. The molecule has 0 aliphatic carbocycles. The van der Waals surface area contributed by atoms with E-state index in [4.69, 9.17) is 0 Å². The Kier molecular flexibility index (Phi) is 13.8. The van der Waals surface area contributed by atoms with Crippen LogP contribution in [-0.4, -0.2) is 0 Å². The quantitative estimate of drug-likeness (QED) is 0.434. The van der Waals surface area contributed by atoms with E-state index in [1.807, 2.05) is 12.2 Å². The van der Waals surface area contributed by atoms with E-state index >= 15 is 0 Å². The van der Waals surface area contributed by atoms with E-state index in [0.29, 0.717) is 0 Å². The molecule has 10 heavy (non-hydrogen) atoms. The number of allylic oxidation sites excluding steroid dienone is 5. The average molecular weight is 159 g/mol. The molecule has 0 unspecified atom stereocenters. The molecule has 0 amide bonds. The van der Waals surface area contributed by atoms with E-state index in [9.17, 15) is 0 Å². The Morgan fingerprint density at radius 2 is 1.80 bits per heavy atom. The first-order valence-electron chi connectivity index (χ1n) is 3.34.